The Morgan fingerprint density at radius 2 is 2.00 bits per heavy atom. The van der Waals surface area contributed by atoms with E-state index in [1.807, 2.05) is 0 Å². The van der Waals surface area contributed by atoms with E-state index in [0.717, 1.165) is 6.26 Å². The van der Waals surface area contributed by atoms with Crippen LogP contribution in [0.2, 0.25) is 0 Å². The standard InChI is InChI=1S/C16H22N4O5S/c1-10(18-15(22)25-16(2,3)4)9-20-12(21)7-6-11-8-17-14(19-13(11)20)26(5,23)24/h6-8,10H,9H2,1-5H3,(H,18,22)/t10-/m1/s1. The van der Waals surface area contributed by atoms with Gasteiger partial charge in [0.1, 0.15) is 11.2 Å². The van der Waals surface area contributed by atoms with E-state index in [2.05, 4.69) is 15.3 Å². The Hall–Kier alpha value is -2.49. The van der Waals surface area contributed by atoms with Gasteiger partial charge in [-0.15, -0.1) is 0 Å². The van der Waals surface area contributed by atoms with E-state index in [9.17, 15) is 18.0 Å². The van der Waals surface area contributed by atoms with Crippen molar-refractivity contribution in [1.29, 1.82) is 0 Å². The Morgan fingerprint density at radius 1 is 1.35 bits per heavy atom. The fourth-order valence-corrected chi connectivity index (χ4v) is 2.74. The van der Waals surface area contributed by atoms with Crippen LogP contribution in [0.5, 0.6) is 0 Å². The molecule has 0 radical (unpaired) electrons. The number of amides is 1. The third kappa shape index (κ3) is 5.01. The molecule has 10 heteroatoms. The smallest absolute Gasteiger partial charge is 0.407 e. The van der Waals surface area contributed by atoms with E-state index in [4.69, 9.17) is 4.74 Å². The second kappa shape index (κ2) is 7.02. The highest BCUT2D eigenvalue weighted by atomic mass is 32.2. The van der Waals surface area contributed by atoms with Crippen LogP contribution >= 0.6 is 0 Å². The number of hydrogen-bond donors (Lipinski definition) is 1. The normalized spacial score (nSPS) is 13.4. The van der Waals surface area contributed by atoms with E-state index in [1.165, 1.54) is 22.9 Å². The number of alkyl carbamates (subject to hydrolysis) is 1. The van der Waals surface area contributed by atoms with Crippen LogP contribution in [0.4, 0.5) is 4.79 Å². The molecule has 26 heavy (non-hydrogen) atoms. The van der Waals surface area contributed by atoms with Crippen molar-refractivity contribution in [2.24, 2.45) is 0 Å². The molecule has 0 bridgehead atoms. The second-order valence-electron chi connectivity index (χ2n) is 7.03. The highest BCUT2D eigenvalue weighted by Crippen LogP contribution is 2.12. The van der Waals surface area contributed by atoms with Gasteiger partial charge in [0.15, 0.2) is 0 Å². The molecule has 142 valence electrons. The molecule has 0 saturated heterocycles. The molecule has 0 spiro atoms. The van der Waals surface area contributed by atoms with E-state index in [-0.39, 0.29) is 22.9 Å². The zero-order valence-electron chi connectivity index (χ0n) is 15.3. The summed E-state index contributed by atoms with van der Waals surface area (Å²) in [5.41, 5.74) is -0.822. The molecule has 0 aliphatic carbocycles. The van der Waals surface area contributed by atoms with Gasteiger partial charge in [-0.2, -0.15) is 4.98 Å². The summed E-state index contributed by atoms with van der Waals surface area (Å²) in [5.74, 6) is 0. The molecule has 2 aromatic heterocycles. The zero-order chi connectivity index (χ0) is 19.7. The number of sulfone groups is 1. The number of fused-ring (bicyclic) bond motifs is 1. The van der Waals surface area contributed by atoms with Crippen LogP contribution < -0.4 is 10.9 Å². The van der Waals surface area contributed by atoms with Gasteiger partial charge in [0.05, 0.1) is 0 Å². The highest BCUT2D eigenvalue weighted by molar-refractivity contribution is 7.90. The monoisotopic (exact) mass is 382 g/mol. The number of rotatable bonds is 4. The van der Waals surface area contributed by atoms with E-state index >= 15 is 0 Å². The number of carbonyl (C=O) groups is 1. The first-order valence-electron chi connectivity index (χ1n) is 7.93. The molecule has 0 fully saturated rings. The van der Waals surface area contributed by atoms with Gasteiger partial charge in [0.25, 0.3) is 5.56 Å². The van der Waals surface area contributed by atoms with Crippen LogP contribution in [0.15, 0.2) is 28.3 Å². The van der Waals surface area contributed by atoms with Crippen molar-refractivity contribution in [2.45, 2.75) is 51.0 Å². The van der Waals surface area contributed by atoms with Crippen molar-refractivity contribution < 1.29 is 17.9 Å². The van der Waals surface area contributed by atoms with Crippen LogP contribution in [0.3, 0.4) is 0 Å². The number of nitrogens with one attached hydrogen (secondary N) is 1. The molecule has 2 aromatic rings. The van der Waals surface area contributed by atoms with Crippen LogP contribution in [0, 0.1) is 0 Å². The fraction of sp³-hybridized carbons (Fsp3) is 0.500. The Kier molecular flexibility index (Phi) is 5.36. The van der Waals surface area contributed by atoms with Gasteiger partial charge >= 0.3 is 6.09 Å². The third-order valence-corrected chi connectivity index (χ3v) is 4.11. The molecule has 1 atom stereocenters. The Bertz CT molecular complexity index is 992. The van der Waals surface area contributed by atoms with Crippen molar-refractivity contribution >= 4 is 27.0 Å². The largest absolute Gasteiger partial charge is 0.444 e. The van der Waals surface area contributed by atoms with Gasteiger partial charge in [-0.1, -0.05) is 0 Å². The molecule has 9 nitrogen and oxygen atoms in total. The summed E-state index contributed by atoms with van der Waals surface area (Å²) in [4.78, 5) is 32.0. The molecule has 0 aliphatic heterocycles. The van der Waals surface area contributed by atoms with Crippen LogP contribution in [0.25, 0.3) is 11.0 Å². The summed E-state index contributed by atoms with van der Waals surface area (Å²) in [5, 5.41) is 2.79. The number of aromatic nitrogens is 3. The topological polar surface area (TPSA) is 120 Å². The first kappa shape index (κ1) is 19.8. The number of pyridine rings is 1. The zero-order valence-corrected chi connectivity index (χ0v) is 16.1. The summed E-state index contributed by atoms with van der Waals surface area (Å²) in [6.45, 7) is 7.03. The molecular weight excluding hydrogens is 360 g/mol. The van der Waals surface area contributed by atoms with E-state index in [0.29, 0.717) is 5.39 Å². The minimum absolute atomic E-state index is 0.0929. The second-order valence-corrected chi connectivity index (χ2v) is 8.94. The molecule has 0 saturated carbocycles. The number of nitrogens with zero attached hydrogens (tertiary/aromatic N) is 3. The average molecular weight is 382 g/mol. The molecule has 2 heterocycles. The van der Waals surface area contributed by atoms with Crippen molar-refractivity contribution in [3.63, 3.8) is 0 Å². The van der Waals surface area contributed by atoms with Crippen LogP contribution in [-0.2, 0) is 21.1 Å². The maximum Gasteiger partial charge on any atom is 0.407 e. The minimum atomic E-state index is -3.62. The first-order valence-corrected chi connectivity index (χ1v) is 9.82. The third-order valence-electron chi connectivity index (χ3n) is 3.25. The predicted molar refractivity (Wildman–Crippen MR) is 95.7 cm³/mol. The van der Waals surface area contributed by atoms with Crippen molar-refractivity contribution in [1.82, 2.24) is 19.9 Å². The minimum Gasteiger partial charge on any atom is -0.444 e. The quantitative estimate of drug-likeness (QED) is 0.786. The molecule has 0 aliphatic rings. The summed E-state index contributed by atoms with van der Waals surface area (Å²) >= 11 is 0. The Labute approximate surface area is 151 Å². The lowest BCUT2D eigenvalue weighted by Gasteiger charge is -2.22. The van der Waals surface area contributed by atoms with Crippen molar-refractivity contribution in [3.8, 4) is 0 Å². The summed E-state index contributed by atoms with van der Waals surface area (Å²) in [6, 6.07) is 2.41. The number of hydrogen-bond acceptors (Lipinski definition) is 7. The maximum atomic E-state index is 12.3. The van der Waals surface area contributed by atoms with Crippen LogP contribution in [-0.4, -0.2) is 46.9 Å². The molecule has 0 unspecified atom stereocenters. The molecule has 0 aromatic carbocycles. The van der Waals surface area contributed by atoms with Gasteiger partial charge in [0, 0.05) is 36.5 Å². The summed E-state index contributed by atoms with van der Waals surface area (Å²) < 4.78 is 29.9. The average Bonchev–Trinajstić information content (AvgIpc) is 2.46. The Balaban J connectivity index is 2.35. The van der Waals surface area contributed by atoms with E-state index in [1.54, 1.807) is 27.7 Å². The maximum absolute atomic E-state index is 12.3. The first-order chi connectivity index (χ1) is 11.9. The van der Waals surface area contributed by atoms with Gasteiger partial charge in [-0.05, 0) is 33.8 Å². The van der Waals surface area contributed by atoms with E-state index < -0.39 is 27.6 Å². The number of ether oxygens (including phenoxy) is 1. The summed E-state index contributed by atoms with van der Waals surface area (Å²) in [6.07, 6.45) is 1.73. The SMILES string of the molecule is C[C@H](Cn1c(=O)ccc2cnc(S(C)(=O)=O)nc21)NC(=O)OC(C)(C)C. The fourth-order valence-electron chi connectivity index (χ4n) is 2.24. The highest BCUT2D eigenvalue weighted by Gasteiger charge is 2.19. The van der Waals surface area contributed by atoms with Crippen molar-refractivity contribution in [3.05, 3.63) is 28.7 Å². The van der Waals surface area contributed by atoms with Crippen molar-refractivity contribution in [2.75, 3.05) is 6.26 Å². The molecule has 1 amide bonds. The van der Waals surface area contributed by atoms with Crippen LogP contribution in [0.1, 0.15) is 27.7 Å². The van der Waals surface area contributed by atoms with Gasteiger partial charge in [-0.3, -0.25) is 9.36 Å². The summed E-state index contributed by atoms with van der Waals surface area (Å²) in [7, 11) is -3.62. The molecule has 2 rings (SSSR count). The van der Waals surface area contributed by atoms with Gasteiger partial charge < -0.3 is 10.1 Å². The molecule has 1 N–H and O–H groups in total. The van der Waals surface area contributed by atoms with Gasteiger partial charge in [-0.25, -0.2) is 18.2 Å². The lowest BCUT2D eigenvalue weighted by Crippen LogP contribution is -2.41. The van der Waals surface area contributed by atoms with Gasteiger partial charge in [0.2, 0.25) is 15.0 Å². The Morgan fingerprint density at radius 3 is 2.58 bits per heavy atom. The lowest BCUT2D eigenvalue weighted by atomic mass is 10.2. The molecular formula is C16H22N4O5S. The number of carbonyl (C=O) groups excluding carboxylic acids is 1. The lowest BCUT2D eigenvalue weighted by molar-refractivity contribution is 0.0504. The predicted octanol–water partition coefficient (Wildman–Crippen LogP) is 1.11.